The Morgan fingerprint density at radius 2 is 1.75 bits per heavy atom. The van der Waals surface area contributed by atoms with Crippen LogP contribution in [0.25, 0.3) is 22.0 Å². The number of ketones is 1. The number of benzene rings is 2. The maximum absolute atomic E-state index is 13.0. The summed E-state index contributed by atoms with van der Waals surface area (Å²) in [6, 6.07) is 12.0. The minimum Gasteiger partial charge on any atom is -0.496 e. The van der Waals surface area contributed by atoms with Crippen LogP contribution in [0.15, 0.2) is 42.6 Å². The lowest BCUT2D eigenvalue weighted by molar-refractivity contribution is 0.0921. The summed E-state index contributed by atoms with van der Waals surface area (Å²) in [5.74, 6) is 2.21. The van der Waals surface area contributed by atoms with E-state index in [-0.39, 0.29) is 17.7 Å². The number of aryl methyl sites for hydroxylation is 1. The normalized spacial score (nSPS) is 19.8. The van der Waals surface area contributed by atoms with Crippen LogP contribution >= 0.6 is 0 Å². The fourth-order valence-corrected chi connectivity index (χ4v) is 5.46. The molecule has 1 aromatic heterocycles. The average molecular weight is 485 g/mol. The van der Waals surface area contributed by atoms with E-state index >= 15 is 0 Å². The molecule has 0 spiro atoms. The Balaban J connectivity index is 1.43. The zero-order chi connectivity index (χ0) is 25.2. The fourth-order valence-electron chi connectivity index (χ4n) is 5.46. The molecule has 0 bridgehead atoms. The van der Waals surface area contributed by atoms with E-state index < -0.39 is 0 Å². The van der Waals surface area contributed by atoms with Gasteiger partial charge in [-0.3, -0.25) is 14.6 Å². The van der Waals surface area contributed by atoms with Crippen LogP contribution < -0.4 is 10.1 Å². The second-order valence-corrected chi connectivity index (χ2v) is 10.7. The van der Waals surface area contributed by atoms with E-state index in [4.69, 9.17) is 4.74 Å². The molecule has 1 N–H and O–H groups in total. The lowest BCUT2D eigenvalue weighted by Gasteiger charge is -2.26. The van der Waals surface area contributed by atoms with Crippen molar-refractivity contribution in [2.24, 2.45) is 11.8 Å². The van der Waals surface area contributed by atoms with Crippen molar-refractivity contribution in [3.05, 3.63) is 59.3 Å². The summed E-state index contributed by atoms with van der Waals surface area (Å²) in [5.41, 5.74) is 5.19. The number of carbonyl (C=O) groups is 2. The summed E-state index contributed by atoms with van der Waals surface area (Å²) in [7, 11) is 1.66. The van der Waals surface area contributed by atoms with Gasteiger partial charge in [0.2, 0.25) is 0 Å². The van der Waals surface area contributed by atoms with Gasteiger partial charge in [-0.2, -0.15) is 0 Å². The molecular formula is C31H36N2O3. The van der Waals surface area contributed by atoms with Gasteiger partial charge in [0.15, 0.2) is 5.78 Å². The minimum atomic E-state index is -0.0112. The van der Waals surface area contributed by atoms with Crippen molar-refractivity contribution < 1.29 is 14.3 Å². The Bertz CT molecular complexity index is 1270. The van der Waals surface area contributed by atoms with Crippen LogP contribution in [-0.4, -0.2) is 29.8 Å². The van der Waals surface area contributed by atoms with Crippen molar-refractivity contribution in [1.29, 1.82) is 0 Å². The molecule has 2 saturated carbocycles. The second-order valence-electron chi connectivity index (χ2n) is 10.7. The van der Waals surface area contributed by atoms with Gasteiger partial charge in [-0.25, -0.2) is 0 Å². The number of hydrogen-bond donors (Lipinski definition) is 1. The van der Waals surface area contributed by atoms with Crippen molar-refractivity contribution in [1.82, 2.24) is 10.3 Å². The SMILES string of the molecule is CCc1c(C(=O)CC2CC2)cnc2cc(OC)c(-c3ccc(C(=O)NC4CCC(C)CC4)cc3)cc12. The van der Waals surface area contributed by atoms with Gasteiger partial charge in [0.1, 0.15) is 5.75 Å². The highest BCUT2D eigenvalue weighted by atomic mass is 16.5. The van der Waals surface area contributed by atoms with E-state index in [9.17, 15) is 9.59 Å². The first-order valence-electron chi connectivity index (χ1n) is 13.4. The lowest BCUT2D eigenvalue weighted by Crippen LogP contribution is -2.37. The first kappa shape index (κ1) is 24.5. The summed E-state index contributed by atoms with van der Waals surface area (Å²) < 4.78 is 5.72. The number of amides is 1. The molecule has 0 radical (unpaired) electrons. The Morgan fingerprint density at radius 1 is 1.03 bits per heavy atom. The molecule has 1 heterocycles. The highest BCUT2D eigenvalue weighted by molar-refractivity contribution is 6.03. The number of nitrogens with one attached hydrogen (secondary N) is 1. The molecule has 5 rings (SSSR count). The van der Waals surface area contributed by atoms with Crippen molar-refractivity contribution in [2.45, 2.75) is 71.3 Å². The second kappa shape index (κ2) is 10.4. The molecule has 36 heavy (non-hydrogen) atoms. The van der Waals surface area contributed by atoms with Crippen LogP contribution in [0.4, 0.5) is 0 Å². The van der Waals surface area contributed by atoms with Crippen LogP contribution in [0.2, 0.25) is 0 Å². The van der Waals surface area contributed by atoms with Gasteiger partial charge in [0.05, 0.1) is 12.6 Å². The molecule has 2 aromatic carbocycles. The van der Waals surface area contributed by atoms with Gasteiger partial charge in [-0.15, -0.1) is 0 Å². The van der Waals surface area contributed by atoms with Crippen molar-refractivity contribution in [3.8, 4) is 16.9 Å². The van der Waals surface area contributed by atoms with Crippen LogP contribution in [0.1, 0.15) is 85.1 Å². The number of hydrogen-bond acceptors (Lipinski definition) is 4. The number of ether oxygens (including phenoxy) is 1. The fraction of sp³-hybridized carbons (Fsp3) is 0.452. The predicted molar refractivity (Wildman–Crippen MR) is 144 cm³/mol. The van der Waals surface area contributed by atoms with Crippen LogP contribution in [0, 0.1) is 11.8 Å². The maximum Gasteiger partial charge on any atom is 0.251 e. The van der Waals surface area contributed by atoms with E-state index in [2.05, 4.69) is 30.2 Å². The van der Waals surface area contributed by atoms with Crippen molar-refractivity contribution in [3.63, 3.8) is 0 Å². The predicted octanol–water partition coefficient (Wildman–Crippen LogP) is 6.76. The van der Waals surface area contributed by atoms with Crippen molar-refractivity contribution >= 4 is 22.6 Å². The molecule has 0 saturated heterocycles. The molecule has 0 atom stereocenters. The van der Waals surface area contributed by atoms with Crippen LogP contribution in [0.3, 0.4) is 0 Å². The zero-order valence-corrected chi connectivity index (χ0v) is 21.6. The topological polar surface area (TPSA) is 68.3 Å². The van der Waals surface area contributed by atoms with E-state index in [0.717, 1.165) is 76.9 Å². The van der Waals surface area contributed by atoms with Gasteiger partial charge in [-0.1, -0.05) is 26.0 Å². The number of fused-ring (bicyclic) bond motifs is 1. The Kier molecular flexibility index (Phi) is 7.08. The quantitative estimate of drug-likeness (QED) is 0.359. The van der Waals surface area contributed by atoms with Crippen LogP contribution in [0.5, 0.6) is 5.75 Å². The molecule has 1 amide bonds. The number of aromatic nitrogens is 1. The summed E-state index contributed by atoms with van der Waals surface area (Å²) in [6.45, 7) is 4.37. The van der Waals surface area contributed by atoms with Crippen LogP contribution in [-0.2, 0) is 6.42 Å². The smallest absolute Gasteiger partial charge is 0.251 e. The molecule has 2 aliphatic rings. The molecule has 2 aliphatic carbocycles. The van der Waals surface area contributed by atoms with E-state index in [1.165, 1.54) is 12.8 Å². The third-order valence-electron chi connectivity index (χ3n) is 7.93. The number of nitrogens with zero attached hydrogens (tertiary/aromatic N) is 1. The van der Waals surface area contributed by atoms with Gasteiger partial charge in [-0.05, 0) is 86.1 Å². The van der Waals surface area contributed by atoms with Crippen molar-refractivity contribution in [2.75, 3.05) is 7.11 Å². The summed E-state index contributed by atoms with van der Waals surface area (Å²) in [6.07, 6.45) is 9.89. The highest BCUT2D eigenvalue weighted by Gasteiger charge is 2.27. The minimum absolute atomic E-state index is 0.0112. The number of carbonyl (C=O) groups excluding carboxylic acids is 2. The largest absolute Gasteiger partial charge is 0.496 e. The Hall–Kier alpha value is -3.21. The van der Waals surface area contributed by atoms with Gasteiger partial charge < -0.3 is 10.1 Å². The molecular weight excluding hydrogens is 448 g/mol. The lowest BCUT2D eigenvalue weighted by atomic mass is 9.87. The Labute approximate surface area is 213 Å². The standard InChI is InChI=1S/C31H36N2O3/c1-4-24-26-16-25(30(36-3)17-28(26)32-18-27(24)29(34)15-20-7-8-20)21-9-11-22(12-10-21)31(35)33-23-13-5-19(2)6-14-23/h9-12,16-20,23H,4-8,13-15H2,1-3H3,(H,33,35). The molecule has 2 fully saturated rings. The number of rotatable bonds is 8. The molecule has 5 heteroatoms. The molecule has 3 aromatic rings. The first-order valence-corrected chi connectivity index (χ1v) is 13.4. The summed E-state index contributed by atoms with van der Waals surface area (Å²) in [4.78, 5) is 30.4. The molecule has 0 aliphatic heterocycles. The summed E-state index contributed by atoms with van der Waals surface area (Å²) in [5, 5.41) is 4.20. The number of Topliss-reactive ketones (excluding diaryl/α,β-unsaturated/α-hetero) is 1. The van der Waals surface area contributed by atoms with E-state index in [0.29, 0.717) is 17.9 Å². The van der Waals surface area contributed by atoms with E-state index in [1.807, 2.05) is 30.3 Å². The molecule has 5 nitrogen and oxygen atoms in total. The maximum atomic E-state index is 13.0. The van der Waals surface area contributed by atoms with Gasteiger partial charge >= 0.3 is 0 Å². The van der Waals surface area contributed by atoms with E-state index in [1.54, 1.807) is 13.3 Å². The van der Waals surface area contributed by atoms with Gasteiger partial charge in [0, 0.05) is 46.8 Å². The number of pyridine rings is 1. The third-order valence-corrected chi connectivity index (χ3v) is 7.93. The summed E-state index contributed by atoms with van der Waals surface area (Å²) >= 11 is 0. The third kappa shape index (κ3) is 5.16. The Morgan fingerprint density at radius 3 is 2.39 bits per heavy atom. The monoisotopic (exact) mass is 484 g/mol. The highest BCUT2D eigenvalue weighted by Crippen LogP contribution is 2.38. The zero-order valence-electron chi connectivity index (χ0n) is 21.6. The average Bonchev–Trinajstić information content (AvgIpc) is 3.72. The number of methoxy groups -OCH3 is 1. The van der Waals surface area contributed by atoms with Gasteiger partial charge in [0.25, 0.3) is 5.91 Å². The first-order chi connectivity index (χ1) is 17.5. The molecule has 188 valence electrons. The molecule has 0 unspecified atom stereocenters.